The van der Waals surface area contributed by atoms with Crippen LogP contribution in [0.2, 0.25) is 0 Å². The molecular formula is C23H32N4O5. The summed E-state index contributed by atoms with van der Waals surface area (Å²) in [5, 5.41) is 2.71. The lowest BCUT2D eigenvalue weighted by Gasteiger charge is -2.29. The predicted molar refractivity (Wildman–Crippen MR) is 119 cm³/mol. The number of hydrogen-bond donors (Lipinski definition) is 1. The predicted octanol–water partition coefficient (Wildman–Crippen LogP) is 2.06. The van der Waals surface area contributed by atoms with Gasteiger partial charge >= 0.3 is 5.97 Å². The number of carbonyl (C=O) groups is 3. The second-order valence-corrected chi connectivity index (χ2v) is 8.88. The maximum Gasteiger partial charge on any atom is 0.306 e. The number of hydrogen-bond acceptors (Lipinski definition) is 6. The van der Waals surface area contributed by atoms with Gasteiger partial charge in [0.05, 0.1) is 24.0 Å². The van der Waals surface area contributed by atoms with Crippen molar-refractivity contribution in [3.8, 4) is 5.75 Å². The zero-order valence-corrected chi connectivity index (χ0v) is 19.4. The highest BCUT2D eigenvalue weighted by atomic mass is 16.6. The second kappa shape index (κ2) is 9.58. The minimum atomic E-state index is -0.719. The first-order valence-corrected chi connectivity index (χ1v) is 11.0. The highest BCUT2D eigenvalue weighted by Gasteiger charge is 2.26. The average Bonchev–Trinajstić information content (AvgIpc) is 3.07. The lowest BCUT2D eigenvalue weighted by Crippen LogP contribution is -2.53. The fourth-order valence-corrected chi connectivity index (χ4v) is 3.71. The lowest BCUT2D eigenvalue weighted by atomic mass is 10.2. The summed E-state index contributed by atoms with van der Waals surface area (Å²) in [6.45, 7) is 10.9. The molecule has 0 bridgehead atoms. The molecule has 2 heterocycles. The van der Waals surface area contributed by atoms with Crippen molar-refractivity contribution in [2.45, 2.75) is 65.7 Å². The Labute approximate surface area is 188 Å². The summed E-state index contributed by atoms with van der Waals surface area (Å²) in [6, 6.07) is 5.48. The molecule has 3 rings (SSSR count). The summed E-state index contributed by atoms with van der Waals surface area (Å²) in [5.74, 6) is 0.711. The summed E-state index contributed by atoms with van der Waals surface area (Å²) in [6.07, 6.45) is 0.00121. The van der Waals surface area contributed by atoms with E-state index in [0.717, 1.165) is 16.9 Å². The number of amides is 2. The quantitative estimate of drug-likeness (QED) is 0.656. The first-order chi connectivity index (χ1) is 15.1. The van der Waals surface area contributed by atoms with Gasteiger partial charge in [-0.3, -0.25) is 14.4 Å². The monoisotopic (exact) mass is 444 g/mol. The zero-order chi connectivity index (χ0) is 23.5. The molecule has 2 aromatic rings. The van der Waals surface area contributed by atoms with Gasteiger partial charge in [0, 0.05) is 32.1 Å². The third-order valence-corrected chi connectivity index (χ3v) is 5.10. The van der Waals surface area contributed by atoms with Crippen LogP contribution in [0.4, 0.5) is 0 Å². The van der Waals surface area contributed by atoms with Crippen LogP contribution < -0.4 is 10.1 Å². The maximum atomic E-state index is 12.6. The normalized spacial score (nSPS) is 15.4. The average molecular weight is 445 g/mol. The van der Waals surface area contributed by atoms with E-state index in [4.69, 9.17) is 9.47 Å². The van der Waals surface area contributed by atoms with Gasteiger partial charge in [-0.15, -0.1) is 0 Å². The van der Waals surface area contributed by atoms with Crippen molar-refractivity contribution in [2.24, 2.45) is 0 Å². The molecule has 1 aliphatic rings. The molecule has 1 saturated heterocycles. The van der Waals surface area contributed by atoms with E-state index in [2.05, 4.69) is 10.3 Å². The van der Waals surface area contributed by atoms with Crippen molar-refractivity contribution in [1.29, 1.82) is 0 Å². The van der Waals surface area contributed by atoms with E-state index in [1.54, 1.807) is 13.0 Å². The number of ether oxygens (including phenoxy) is 2. The highest BCUT2D eigenvalue weighted by molar-refractivity contribution is 5.88. The van der Waals surface area contributed by atoms with E-state index in [1.165, 1.54) is 4.90 Å². The van der Waals surface area contributed by atoms with Crippen LogP contribution in [0.5, 0.6) is 5.75 Å². The topological polar surface area (TPSA) is 103 Å². The zero-order valence-electron chi connectivity index (χ0n) is 19.4. The Morgan fingerprint density at radius 2 is 2.03 bits per heavy atom. The Balaban J connectivity index is 1.71. The Hall–Kier alpha value is -3.10. The summed E-state index contributed by atoms with van der Waals surface area (Å²) >= 11 is 0. The molecule has 0 spiro atoms. The molecule has 1 N–H and O–H groups in total. The van der Waals surface area contributed by atoms with Crippen LogP contribution in [-0.4, -0.2) is 63.6 Å². The van der Waals surface area contributed by atoms with Crippen molar-refractivity contribution in [1.82, 2.24) is 19.8 Å². The molecule has 1 atom stereocenters. The number of carbonyl (C=O) groups excluding carboxylic acids is 3. The molecule has 0 aliphatic carbocycles. The molecule has 0 unspecified atom stereocenters. The molecule has 9 heteroatoms. The van der Waals surface area contributed by atoms with Gasteiger partial charge in [0.2, 0.25) is 5.91 Å². The van der Waals surface area contributed by atoms with Gasteiger partial charge in [0.1, 0.15) is 17.2 Å². The summed E-state index contributed by atoms with van der Waals surface area (Å²) in [5.41, 5.74) is 1.16. The van der Waals surface area contributed by atoms with Crippen LogP contribution in [0.3, 0.4) is 0 Å². The van der Waals surface area contributed by atoms with Crippen molar-refractivity contribution >= 4 is 28.8 Å². The Morgan fingerprint density at radius 1 is 1.28 bits per heavy atom. The Bertz CT molecular complexity index is 1010. The standard InChI is InChI=1S/C23H32N4O5/c1-6-27-18-13-16(31-15(2)22(30)26-12-11-24-20(28)14-26)7-8-17(18)25-19(27)9-10-21(29)32-23(3,4)5/h7-8,13,15H,6,9-12,14H2,1-5H3,(H,24,28)/t15-/m1/s1. The van der Waals surface area contributed by atoms with Crippen LogP contribution in [0.25, 0.3) is 11.0 Å². The second-order valence-electron chi connectivity index (χ2n) is 8.88. The molecule has 174 valence electrons. The molecule has 1 aromatic heterocycles. The molecule has 0 saturated carbocycles. The van der Waals surface area contributed by atoms with Gasteiger partial charge in [0.25, 0.3) is 5.91 Å². The van der Waals surface area contributed by atoms with Crippen LogP contribution in [0, 0.1) is 0 Å². The van der Waals surface area contributed by atoms with Gasteiger partial charge < -0.3 is 24.3 Å². The number of aromatic nitrogens is 2. The van der Waals surface area contributed by atoms with Crippen molar-refractivity contribution in [3.05, 3.63) is 24.0 Å². The smallest absolute Gasteiger partial charge is 0.306 e. The molecule has 1 aromatic carbocycles. The number of piperazine rings is 1. The van der Waals surface area contributed by atoms with Crippen LogP contribution in [-0.2, 0) is 32.1 Å². The van der Waals surface area contributed by atoms with E-state index in [9.17, 15) is 14.4 Å². The number of aryl methyl sites for hydroxylation is 2. The molecule has 1 fully saturated rings. The number of esters is 1. The number of rotatable bonds is 7. The number of fused-ring (bicyclic) bond motifs is 1. The van der Waals surface area contributed by atoms with E-state index in [1.807, 2.05) is 44.4 Å². The largest absolute Gasteiger partial charge is 0.481 e. The summed E-state index contributed by atoms with van der Waals surface area (Å²) in [7, 11) is 0. The van der Waals surface area contributed by atoms with Gasteiger partial charge in [-0.25, -0.2) is 4.98 Å². The Morgan fingerprint density at radius 3 is 2.69 bits per heavy atom. The van der Waals surface area contributed by atoms with Crippen LogP contribution in [0.1, 0.15) is 46.9 Å². The minimum Gasteiger partial charge on any atom is -0.481 e. The fraction of sp³-hybridized carbons (Fsp3) is 0.565. The third-order valence-electron chi connectivity index (χ3n) is 5.10. The van der Waals surface area contributed by atoms with Crippen LogP contribution >= 0.6 is 0 Å². The third kappa shape index (κ3) is 5.77. The maximum absolute atomic E-state index is 12.6. The van der Waals surface area contributed by atoms with Crippen molar-refractivity contribution < 1.29 is 23.9 Å². The van der Waals surface area contributed by atoms with E-state index >= 15 is 0 Å². The van der Waals surface area contributed by atoms with E-state index in [0.29, 0.717) is 31.8 Å². The minimum absolute atomic E-state index is 0.0508. The number of nitrogens with zero attached hydrogens (tertiary/aromatic N) is 3. The number of nitrogens with one attached hydrogen (secondary N) is 1. The summed E-state index contributed by atoms with van der Waals surface area (Å²) in [4.78, 5) is 42.5. The Kier molecular flexibility index (Phi) is 7.06. The van der Waals surface area contributed by atoms with Gasteiger partial charge in [-0.05, 0) is 46.8 Å². The lowest BCUT2D eigenvalue weighted by molar-refractivity contribution is -0.154. The highest BCUT2D eigenvalue weighted by Crippen LogP contribution is 2.24. The van der Waals surface area contributed by atoms with Crippen molar-refractivity contribution in [3.63, 3.8) is 0 Å². The first kappa shape index (κ1) is 23.6. The molecule has 1 aliphatic heterocycles. The molecule has 0 radical (unpaired) electrons. The molecule has 32 heavy (non-hydrogen) atoms. The first-order valence-electron chi connectivity index (χ1n) is 11.0. The fourth-order valence-electron chi connectivity index (χ4n) is 3.71. The van der Waals surface area contributed by atoms with Crippen LogP contribution in [0.15, 0.2) is 18.2 Å². The van der Waals surface area contributed by atoms with Gasteiger partial charge in [-0.2, -0.15) is 0 Å². The number of benzene rings is 1. The van der Waals surface area contributed by atoms with E-state index in [-0.39, 0.29) is 30.7 Å². The van der Waals surface area contributed by atoms with E-state index < -0.39 is 11.7 Å². The van der Waals surface area contributed by atoms with Gasteiger partial charge in [-0.1, -0.05) is 0 Å². The molecule has 2 amide bonds. The number of imidazole rings is 1. The SMILES string of the molecule is CCn1c(CCC(=O)OC(C)(C)C)nc2ccc(O[C@H](C)C(=O)N3CCNC(=O)C3)cc21. The summed E-state index contributed by atoms with van der Waals surface area (Å²) < 4.78 is 13.3. The van der Waals surface area contributed by atoms with Crippen molar-refractivity contribution in [2.75, 3.05) is 19.6 Å². The van der Waals surface area contributed by atoms with Gasteiger partial charge in [0.15, 0.2) is 6.10 Å². The molecular weight excluding hydrogens is 412 g/mol. The molecule has 9 nitrogen and oxygen atoms in total.